The Morgan fingerprint density at radius 1 is 0.842 bits per heavy atom. The van der Waals surface area contributed by atoms with Gasteiger partial charge >= 0.3 is 0 Å². The SMILES string of the molecule is CSc1ccc(C(=O)c2ccc(C)c(C)c2)cc1C. The number of carbonyl (C=O) groups excluding carboxylic acids is 1. The highest BCUT2D eigenvalue weighted by molar-refractivity contribution is 7.98. The quantitative estimate of drug-likeness (QED) is 0.600. The molecule has 0 saturated carbocycles. The zero-order chi connectivity index (χ0) is 14.0. The van der Waals surface area contributed by atoms with Crippen molar-refractivity contribution in [3.05, 3.63) is 64.2 Å². The van der Waals surface area contributed by atoms with Crippen molar-refractivity contribution in [1.82, 2.24) is 0 Å². The molecule has 0 spiro atoms. The molecule has 0 atom stereocenters. The van der Waals surface area contributed by atoms with Gasteiger partial charge in [0.05, 0.1) is 0 Å². The molecule has 0 unspecified atom stereocenters. The van der Waals surface area contributed by atoms with Gasteiger partial charge in [-0.25, -0.2) is 0 Å². The summed E-state index contributed by atoms with van der Waals surface area (Å²) in [5.41, 5.74) is 5.05. The molecule has 2 rings (SSSR count). The Hall–Kier alpha value is -1.54. The maximum atomic E-state index is 12.5. The van der Waals surface area contributed by atoms with E-state index >= 15 is 0 Å². The first-order chi connectivity index (χ1) is 9.02. The van der Waals surface area contributed by atoms with Crippen LogP contribution in [0.25, 0.3) is 0 Å². The molecule has 0 saturated heterocycles. The van der Waals surface area contributed by atoms with Crippen LogP contribution in [0.1, 0.15) is 32.6 Å². The minimum Gasteiger partial charge on any atom is -0.289 e. The van der Waals surface area contributed by atoms with E-state index < -0.39 is 0 Å². The predicted molar refractivity (Wildman–Crippen MR) is 82.3 cm³/mol. The molecule has 0 heterocycles. The van der Waals surface area contributed by atoms with Crippen molar-refractivity contribution in [1.29, 1.82) is 0 Å². The topological polar surface area (TPSA) is 17.1 Å². The monoisotopic (exact) mass is 270 g/mol. The van der Waals surface area contributed by atoms with Gasteiger partial charge in [-0.1, -0.05) is 12.1 Å². The van der Waals surface area contributed by atoms with Gasteiger partial charge in [0.1, 0.15) is 0 Å². The first-order valence-corrected chi connectivity index (χ1v) is 7.52. The summed E-state index contributed by atoms with van der Waals surface area (Å²) in [6, 6.07) is 11.8. The van der Waals surface area contributed by atoms with Crippen molar-refractivity contribution < 1.29 is 4.79 Å². The molecule has 98 valence electrons. The molecule has 2 aromatic rings. The molecule has 0 bridgehead atoms. The Morgan fingerprint density at radius 2 is 1.42 bits per heavy atom. The molecule has 0 aliphatic rings. The lowest BCUT2D eigenvalue weighted by Gasteiger charge is -2.07. The summed E-state index contributed by atoms with van der Waals surface area (Å²) >= 11 is 1.70. The molecule has 19 heavy (non-hydrogen) atoms. The lowest BCUT2D eigenvalue weighted by Crippen LogP contribution is -2.02. The van der Waals surface area contributed by atoms with Crippen LogP contribution >= 0.6 is 11.8 Å². The fourth-order valence-corrected chi connectivity index (χ4v) is 2.65. The molecule has 2 heteroatoms. The van der Waals surface area contributed by atoms with Crippen molar-refractivity contribution in [3.8, 4) is 0 Å². The van der Waals surface area contributed by atoms with E-state index in [1.165, 1.54) is 10.5 Å². The number of benzene rings is 2. The largest absolute Gasteiger partial charge is 0.289 e. The Bertz CT molecular complexity index is 629. The van der Waals surface area contributed by atoms with Crippen LogP contribution in [-0.2, 0) is 0 Å². The molecule has 0 aliphatic heterocycles. The van der Waals surface area contributed by atoms with E-state index in [1.807, 2.05) is 56.5 Å². The van der Waals surface area contributed by atoms with Crippen LogP contribution in [0.4, 0.5) is 0 Å². The summed E-state index contributed by atoms with van der Waals surface area (Å²) in [6.07, 6.45) is 2.05. The van der Waals surface area contributed by atoms with Crippen LogP contribution in [0.5, 0.6) is 0 Å². The van der Waals surface area contributed by atoms with E-state index in [4.69, 9.17) is 0 Å². The van der Waals surface area contributed by atoms with Crippen molar-refractivity contribution in [2.45, 2.75) is 25.7 Å². The number of ketones is 1. The van der Waals surface area contributed by atoms with Crippen LogP contribution in [-0.4, -0.2) is 12.0 Å². The number of aryl methyl sites for hydroxylation is 3. The third-order valence-electron chi connectivity index (χ3n) is 3.43. The molecule has 0 amide bonds. The van der Waals surface area contributed by atoms with Gasteiger partial charge < -0.3 is 0 Å². The number of carbonyl (C=O) groups is 1. The predicted octanol–water partition coefficient (Wildman–Crippen LogP) is 4.56. The molecular formula is C17H18OS. The van der Waals surface area contributed by atoms with Gasteiger partial charge in [-0.2, -0.15) is 0 Å². The molecule has 0 fully saturated rings. The number of hydrogen-bond acceptors (Lipinski definition) is 2. The van der Waals surface area contributed by atoms with Crippen molar-refractivity contribution >= 4 is 17.5 Å². The molecule has 0 radical (unpaired) electrons. The van der Waals surface area contributed by atoms with Gasteiger partial charge in [-0.15, -0.1) is 11.8 Å². The average Bonchev–Trinajstić information content (AvgIpc) is 2.41. The summed E-state index contributed by atoms with van der Waals surface area (Å²) < 4.78 is 0. The van der Waals surface area contributed by atoms with Crippen molar-refractivity contribution in [3.63, 3.8) is 0 Å². The Morgan fingerprint density at radius 3 is 1.95 bits per heavy atom. The summed E-state index contributed by atoms with van der Waals surface area (Å²) in [6.45, 7) is 6.14. The lowest BCUT2D eigenvalue weighted by molar-refractivity contribution is 0.103. The van der Waals surface area contributed by atoms with Crippen LogP contribution in [0.2, 0.25) is 0 Å². The van der Waals surface area contributed by atoms with E-state index in [-0.39, 0.29) is 5.78 Å². The molecule has 0 N–H and O–H groups in total. The molecule has 0 aliphatic carbocycles. The standard InChI is InChI=1S/C17H18OS/c1-11-5-6-14(9-12(11)2)17(18)15-7-8-16(19-4)13(3)10-15/h5-10H,1-4H3. The van der Waals surface area contributed by atoms with Gasteiger partial charge in [0.2, 0.25) is 0 Å². The fraction of sp³-hybridized carbons (Fsp3) is 0.235. The fourth-order valence-electron chi connectivity index (χ4n) is 2.07. The summed E-state index contributed by atoms with van der Waals surface area (Å²) in [5, 5.41) is 0. The zero-order valence-electron chi connectivity index (χ0n) is 11.8. The second-order valence-corrected chi connectivity index (χ2v) is 5.66. The highest BCUT2D eigenvalue weighted by Gasteiger charge is 2.11. The van der Waals surface area contributed by atoms with E-state index in [1.54, 1.807) is 11.8 Å². The second kappa shape index (κ2) is 5.62. The number of thioether (sulfide) groups is 1. The molecule has 1 nitrogen and oxygen atoms in total. The van der Waals surface area contributed by atoms with Crippen LogP contribution < -0.4 is 0 Å². The lowest BCUT2D eigenvalue weighted by atomic mass is 9.98. The third kappa shape index (κ3) is 2.90. The Kier molecular flexibility index (Phi) is 4.11. The maximum Gasteiger partial charge on any atom is 0.193 e. The smallest absolute Gasteiger partial charge is 0.193 e. The second-order valence-electron chi connectivity index (χ2n) is 4.81. The summed E-state index contributed by atoms with van der Waals surface area (Å²) in [5.74, 6) is 0.0962. The van der Waals surface area contributed by atoms with Crippen molar-refractivity contribution in [2.75, 3.05) is 6.26 Å². The van der Waals surface area contributed by atoms with Gasteiger partial charge in [-0.05, 0) is 68.0 Å². The number of hydrogen-bond donors (Lipinski definition) is 0. The van der Waals surface area contributed by atoms with Crippen LogP contribution in [0, 0.1) is 20.8 Å². The van der Waals surface area contributed by atoms with Gasteiger partial charge in [-0.3, -0.25) is 4.79 Å². The zero-order valence-corrected chi connectivity index (χ0v) is 12.6. The van der Waals surface area contributed by atoms with E-state index in [0.29, 0.717) is 0 Å². The highest BCUT2D eigenvalue weighted by atomic mass is 32.2. The first kappa shape index (κ1) is 13.9. The van der Waals surface area contributed by atoms with Crippen LogP contribution in [0.15, 0.2) is 41.3 Å². The first-order valence-electron chi connectivity index (χ1n) is 6.29. The molecular weight excluding hydrogens is 252 g/mol. The van der Waals surface area contributed by atoms with E-state index in [9.17, 15) is 4.79 Å². The number of rotatable bonds is 3. The molecule has 2 aromatic carbocycles. The highest BCUT2D eigenvalue weighted by Crippen LogP contribution is 2.22. The molecule has 0 aromatic heterocycles. The van der Waals surface area contributed by atoms with Gasteiger partial charge in [0.15, 0.2) is 5.78 Å². The van der Waals surface area contributed by atoms with E-state index in [0.717, 1.165) is 22.3 Å². The Labute approximate surface area is 119 Å². The summed E-state index contributed by atoms with van der Waals surface area (Å²) in [7, 11) is 0. The Balaban J connectivity index is 2.38. The van der Waals surface area contributed by atoms with Crippen molar-refractivity contribution in [2.24, 2.45) is 0 Å². The minimum absolute atomic E-state index is 0.0962. The van der Waals surface area contributed by atoms with Gasteiger partial charge in [0.25, 0.3) is 0 Å². The minimum atomic E-state index is 0.0962. The average molecular weight is 270 g/mol. The normalized spacial score (nSPS) is 10.5. The summed E-state index contributed by atoms with van der Waals surface area (Å²) in [4.78, 5) is 13.7. The van der Waals surface area contributed by atoms with Gasteiger partial charge in [0, 0.05) is 16.0 Å². The third-order valence-corrected chi connectivity index (χ3v) is 4.32. The van der Waals surface area contributed by atoms with E-state index in [2.05, 4.69) is 6.92 Å². The maximum absolute atomic E-state index is 12.5. The van der Waals surface area contributed by atoms with Crippen LogP contribution in [0.3, 0.4) is 0 Å².